The van der Waals surface area contributed by atoms with Crippen LogP contribution in [0, 0.1) is 6.92 Å². The van der Waals surface area contributed by atoms with E-state index in [1.54, 1.807) is 30.7 Å². The second-order valence-electron chi connectivity index (χ2n) is 8.57. The van der Waals surface area contributed by atoms with Gasteiger partial charge in [0, 0.05) is 60.6 Å². The number of nitrogens with zero attached hydrogens (tertiary/aromatic N) is 5. The lowest BCUT2D eigenvalue weighted by Gasteiger charge is -2.31. The first-order valence-electron chi connectivity index (χ1n) is 11.5. The van der Waals surface area contributed by atoms with Crippen LogP contribution in [-0.2, 0) is 19.1 Å². The molecular formula is C26H22F3N7O. The van der Waals surface area contributed by atoms with Gasteiger partial charge in [0.05, 0.1) is 11.3 Å². The molecule has 2 aromatic heterocycles. The van der Waals surface area contributed by atoms with Crippen molar-refractivity contribution in [3.8, 4) is 0 Å². The molecule has 8 nitrogen and oxygen atoms in total. The van der Waals surface area contributed by atoms with E-state index in [0.717, 1.165) is 34.6 Å². The van der Waals surface area contributed by atoms with Gasteiger partial charge in [0.1, 0.15) is 0 Å². The zero-order valence-electron chi connectivity index (χ0n) is 19.8. The molecule has 11 heteroatoms. The van der Waals surface area contributed by atoms with Gasteiger partial charge in [0.15, 0.2) is 0 Å². The Morgan fingerprint density at radius 2 is 1.81 bits per heavy atom. The normalized spacial score (nSPS) is 13.1. The second kappa shape index (κ2) is 9.84. The van der Waals surface area contributed by atoms with Crippen LogP contribution in [0.4, 0.5) is 36.4 Å². The number of carbonyl (C=O) groups is 1. The SMILES string of the molecule is Cc1ccc(NC(=O)c2cccc(C(F)(F)F)c2)cc1N1CCc2nc(Nc3ncccn3)ncc2C1. The molecule has 0 unspecified atom stereocenters. The quantitative estimate of drug-likeness (QED) is 0.387. The number of amides is 1. The average Bonchev–Trinajstić information content (AvgIpc) is 2.89. The zero-order valence-corrected chi connectivity index (χ0v) is 19.8. The molecule has 5 rings (SSSR count). The van der Waals surface area contributed by atoms with Crippen molar-refractivity contribution in [2.75, 3.05) is 22.1 Å². The summed E-state index contributed by atoms with van der Waals surface area (Å²) in [4.78, 5) is 32.1. The summed E-state index contributed by atoms with van der Waals surface area (Å²) in [6, 6.07) is 11.5. The highest BCUT2D eigenvalue weighted by molar-refractivity contribution is 6.04. The molecule has 0 saturated carbocycles. The zero-order chi connectivity index (χ0) is 26.0. The maximum absolute atomic E-state index is 13.0. The molecule has 188 valence electrons. The first-order chi connectivity index (χ1) is 17.8. The summed E-state index contributed by atoms with van der Waals surface area (Å²) in [5.41, 5.74) is 3.38. The van der Waals surface area contributed by atoms with Crippen LogP contribution in [0.15, 0.2) is 67.1 Å². The predicted octanol–water partition coefficient (Wildman–Crippen LogP) is 5.15. The van der Waals surface area contributed by atoms with Crippen molar-refractivity contribution >= 4 is 29.2 Å². The summed E-state index contributed by atoms with van der Waals surface area (Å²) in [5, 5.41) is 5.71. The predicted molar refractivity (Wildman–Crippen MR) is 133 cm³/mol. The minimum Gasteiger partial charge on any atom is -0.366 e. The number of alkyl halides is 3. The molecule has 0 saturated heterocycles. The van der Waals surface area contributed by atoms with E-state index in [9.17, 15) is 18.0 Å². The first-order valence-corrected chi connectivity index (χ1v) is 11.5. The van der Waals surface area contributed by atoms with Gasteiger partial charge < -0.3 is 10.2 Å². The Kier molecular flexibility index (Phi) is 6.43. The number of halogens is 3. The Morgan fingerprint density at radius 3 is 2.59 bits per heavy atom. The summed E-state index contributed by atoms with van der Waals surface area (Å²) in [5.74, 6) is 0.231. The molecule has 0 spiro atoms. The monoisotopic (exact) mass is 505 g/mol. The molecule has 0 bridgehead atoms. The van der Waals surface area contributed by atoms with E-state index in [-0.39, 0.29) is 5.56 Å². The molecule has 0 fully saturated rings. The van der Waals surface area contributed by atoms with Gasteiger partial charge in [-0.1, -0.05) is 12.1 Å². The van der Waals surface area contributed by atoms with Crippen LogP contribution in [0.5, 0.6) is 0 Å². The third-order valence-electron chi connectivity index (χ3n) is 5.98. The minimum absolute atomic E-state index is 0.0636. The number of benzene rings is 2. The lowest BCUT2D eigenvalue weighted by Crippen LogP contribution is -2.32. The molecule has 2 N–H and O–H groups in total. The Morgan fingerprint density at radius 1 is 1.00 bits per heavy atom. The average molecular weight is 506 g/mol. The van der Waals surface area contributed by atoms with E-state index in [4.69, 9.17) is 0 Å². The number of hydrogen-bond acceptors (Lipinski definition) is 7. The Balaban J connectivity index is 1.31. The number of nitrogens with one attached hydrogen (secondary N) is 2. The fraction of sp³-hybridized carbons (Fsp3) is 0.192. The van der Waals surface area contributed by atoms with E-state index >= 15 is 0 Å². The fourth-order valence-corrected chi connectivity index (χ4v) is 4.11. The Labute approximate surface area is 210 Å². The third kappa shape index (κ3) is 5.50. The van der Waals surface area contributed by atoms with Crippen LogP contribution in [0.2, 0.25) is 0 Å². The first kappa shape index (κ1) is 24.2. The maximum atomic E-state index is 13.0. The standard InChI is InChI=1S/C26H22F3N7O/c1-16-6-7-20(33-23(37)17-4-2-5-19(12-17)26(27,28)29)13-22(16)36-11-8-21-18(15-36)14-32-25(34-21)35-24-30-9-3-10-31-24/h2-7,9-10,12-14H,8,11,15H2,1H3,(H,33,37)(H,30,31,32,34,35). The van der Waals surface area contributed by atoms with Gasteiger partial charge >= 0.3 is 6.18 Å². The van der Waals surface area contributed by atoms with E-state index in [1.165, 1.54) is 12.1 Å². The Bertz CT molecular complexity index is 1440. The molecule has 1 amide bonds. The minimum atomic E-state index is -4.52. The highest BCUT2D eigenvalue weighted by Crippen LogP contribution is 2.31. The van der Waals surface area contributed by atoms with Crippen molar-refractivity contribution in [2.45, 2.75) is 26.1 Å². The van der Waals surface area contributed by atoms with E-state index in [2.05, 4.69) is 35.5 Å². The van der Waals surface area contributed by atoms with Gasteiger partial charge in [-0.3, -0.25) is 10.1 Å². The summed E-state index contributed by atoms with van der Waals surface area (Å²) in [7, 11) is 0. The molecule has 1 aliphatic rings. The van der Waals surface area contributed by atoms with Gasteiger partial charge in [-0.2, -0.15) is 13.2 Å². The van der Waals surface area contributed by atoms with Crippen LogP contribution in [-0.4, -0.2) is 32.4 Å². The summed E-state index contributed by atoms with van der Waals surface area (Å²) in [6.07, 6.45) is 1.19. The lowest BCUT2D eigenvalue weighted by molar-refractivity contribution is -0.137. The maximum Gasteiger partial charge on any atom is 0.416 e. The van der Waals surface area contributed by atoms with Crippen molar-refractivity contribution in [2.24, 2.45) is 0 Å². The molecule has 0 aliphatic carbocycles. The molecule has 4 aromatic rings. The number of aryl methyl sites for hydroxylation is 1. The molecule has 2 aromatic carbocycles. The molecule has 1 aliphatic heterocycles. The van der Waals surface area contributed by atoms with E-state index in [0.29, 0.717) is 37.1 Å². The van der Waals surface area contributed by atoms with Gasteiger partial charge in [-0.25, -0.2) is 19.9 Å². The number of fused-ring (bicyclic) bond motifs is 1. The van der Waals surface area contributed by atoms with Gasteiger partial charge in [0.25, 0.3) is 5.91 Å². The number of rotatable bonds is 5. The van der Waals surface area contributed by atoms with Crippen LogP contribution in [0.3, 0.4) is 0 Å². The molecular weight excluding hydrogens is 483 g/mol. The summed E-state index contributed by atoms with van der Waals surface area (Å²) in [6.45, 7) is 3.23. The van der Waals surface area contributed by atoms with Crippen LogP contribution >= 0.6 is 0 Å². The number of aromatic nitrogens is 4. The molecule has 3 heterocycles. The smallest absolute Gasteiger partial charge is 0.366 e. The van der Waals surface area contributed by atoms with Crippen LogP contribution in [0.1, 0.15) is 32.7 Å². The van der Waals surface area contributed by atoms with Crippen LogP contribution in [0.25, 0.3) is 0 Å². The van der Waals surface area contributed by atoms with Gasteiger partial charge in [0.2, 0.25) is 11.9 Å². The molecule has 37 heavy (non-hydrogen) atoms. The van der Waals surface area contributed by atoms with Crippen molar-refractivity contribution in [1.29, 1.82) is 0 Å². The van der Waals surface area contributed by atoms with Crippen molar-refractivity contribution < 1.29 is 18.0 Å². The third-order valence-corrected chi connectivity index (χ3v) is 5.98. The summed E-state index contributed by atoms with van der Waals surface area (Å²) < 4.78 is 39.1. The van der Waals surface area contributed by atoms with Crippen LogP contribution < -0.4 is 15.5 Å². The van der Waals surface area contributed by atoms with Crippen molar-refractivity contribution in [1.82, 2.24) is 19.9 Å². The van der Waals surface area contributed by atoms with E-state index < -0.39 is 17.6 Å². The fourth-order valence-electron chi connectivity index (χ4n) is 4.11. The number of anilines is 4. The topological polar surface area (TPSA) is 95.9 Å². The van der Waals surface area contributed by atoms with Gasteiger partial charge in [-0.15, -0.1) is 0 Å². The second-order valence-corrected chi connectivity index (χ2v) is 8.57. The lowest BCUT2D eigenvalue weighted by atomic mass is 10.0. The van der Waals surface area contributed by atoms with Crippen molar-refractivity contribution in [3.63, 3.8) is 0 Å². The Hall–Kier alpha value is -4.54. The highest BCUT2D eigenvalue weighted by atomic mass is 19.4. The number of hydrogen-bond donors (Lipinski definition) is 2. The van der Waals surface area contributed by atoms with Crippen molar-refractivity contribution in [3.05, 3.63) is 95.1 Å². The van der Waals surface area contributed by atoms with E-state index in [1.807, 2.05) is 19.1 Å². The number of carbonyl (C=O) groups excluding carboxylic acids is 1. The summed E-state index contributed by atoms with van der Waals surface area (Å²) >= 11 is 0. The molecule has 0 radical (unpaired) electrons. The van der Waals surface area contributed by atoms with Gasteiger partial charge in [-0.05, 0) is 48.9 Å². The highest BCUT2D eigenvalue weighted by Gasteiger charge is 2.31. The molecule has 0 atom stereocenters. The largest absolute Gasteiger partial charge is 0.416 e.